The van der Waals surface area contributed by atoms with E-state index < -0.39 is 0 Å². The molecule has 0 aliphatic carbocycles. The summed E-state index contributed by atoms with van der Waals surface area (Å²) in [5.41, 5.74) is 1.74. The summed E-state index contributed by atoms with van der Waals surface area (Å²) in [6.07, 6.45) is 2.20. The van der Waals surface area contributed by atoms with Crippen LogP contribution in [0.5, 0.6) is 0 Å². The molecular weight excluding hydrogens is 246 g/mol. The highest BCUT2D eigenvalue weighted by Gasteiger charge is 2.23. The molecule has 0 saturated carbocycles. The summed E-state index contributed by atoms with van der Waals surface area (Å²) in [4.78, 5) is 11.8. The van der Waals surface area contributed by atoms with Crippen LogP contribution >= 0.6 is 0 Å². The van der Waals surface area contributed by atoms with E-state index in [1.165, 1.54) is 0 Å². The molecule has 0 spiro atoms. The molecule has 2 amide bonds. The van der Waals surface area contributed by atoms with E-state index in [1.54, 1.807) is 0 Å². The first kappa shape index (κ1) is 13.9. The van der Waals surface area contributed by atoms with E-state index in [4.69, 9.17) is 9.26 Å². The molecule has 1 saturated heterocycles. The van der Waals surface area contributed by atoms with E-state index in [0.29, 0.717) is 6.54 Å². The predicted molar refractivity (Wildman–Crippen MR) is 69.8 cm³/mol. The SMILES string of the molecule is Cc1noc(C)c1CNC(=O)NC(C)C1CCCO1. The predicted octanol–water partition coefficient (Wildman–Crippen LogP) is 1.66. The molecule has 2 heterocycles. The topological polar surface area (TPSA) is 76.4 Å². The summed E-state index contributed by atoms with van der Waals surface area (Å²) in [6.45, 7) is 6.87. The quantitative estimate of drug-likeness (QED) is 0.869. The van der Waals surface area contributed by atoms with Gasteiger partial charge in [-0.3, -0.25) is 0 Å². The molecule has 6 heteroatoms. The van der Waals surface area contributed by atoms with Crippen LogP contribution in [0.4, 0.5) is 4.79 Å². The van der Waals surface area contributed by atoms with Crippen LogP contribution in [0.3, 0.4) is 0 Å². The first-order valence-corrected chi connectivity index (χ1v) is 6.65. The van der Waals surface area contributed by atoms with Gasteiger partial charge < -0.3 is 19.9 Å². The molecule has 0 bridgehead atoms. The van der Waals surface area contributed by atoms with Gasteiger partial charge in [-0.2, -0.15) is 0 Å². The molecule has 2 rings (SSSR count). The van der Waals surface area contributed by atoms with Crippen molar-refractivity contribution in [2.75, 3.05) is 6.61 Å². The molecular formula is C13H21N3O3. The average Bonchev–Trinajstić information content (AvgIpc) is 2.98. The van der Waals surface area contributed by atoms with E-state index in [-0.39, 0.29) is 18.2 Å². The van der Waals surface area contributed by atoms with E-state index in [1.807, 2.05) is 20.8 Å². The van der Waals surface area contributed by atoms with Crippen LogP contribution < -0.4 is 10.6 Å². The van der Waals surface area contributed by atoms with Crippen molar-refractivity contribution in [1.29, 1.82) is 0 Å². The Kier molecular flexibility index (Phi) is 4.42. The van der Waals surface area contributed by atoms with Crippen LogP contribution in [0.2, 0.25) is 0 Å². The third-order valence-electron chi connectivity index (χ3n) is 3.49. The van der Waals surface area contributed by atoms with Gasteiger partial charge in [0.1, 0.15) is 5.76 Å². The number of aryl methyl sites for hydroxylation is 2. The van der Waals surface area contributed by atoms with Gasteiger partial charge in [0.25, 0.3) is 0 Å². The van der Waals surface area contributed by atoms with Gasteiger partial charge in [-0.1, -0.05) is 5.16 Å². The van der Waals surface area contributed by atoms with Crippen LogP contribution in [0.15, 0.2) is 4.52 Å². The smallest absolute Gasteiger partial charge is 0.315 e. The van der Waals surface area contributed by atoms with Gasteiger partial charge in [-0.25, -0.2) is 4.79 Å². The van der Waals surface area contributed by atoms with Crippen molar-refractivity contribution >= 4 is 6.03 Å². The molecule has 106 valence electrons. The van der Waals surface area contributed by atoms with Crippen LogP contribution in [0, 0.1) is 13.8 Å². The second-order valence-electron chi connectivity index (χ2n) is 4.97. The van der Waals surface area contributed by atoms with E-state index in [0.717, 1.165) is 36.5 Å². The van der Waals surface area contributed by atoms with E-state index in [9.17, 15) is 4.79 Å². The minimum Gasteiger partial charge on any atom is -0.376 e. The molecule has 0 aromatic carbocycles. The summed E-state index contributed by atoms with van der Waals surface area (Å²) in [5.74, 6) is 0.741. The highest BCUT2D eigenvalue weighted by atomic mass is 16.5. The molecule has 1 aromatic rings. The van der Waals surface area contributed by atoms with Gasteiger partial charge in [-0.15, -0.1) is 0 Å². The van der Waals surface area contributed by atoms with Crippen LogP contribution in [-0.2, 0) is 11.3 Å². The minimum atomic E-state index is -0.192. The Morgan fingerprint density at radius 3 is 2.89 bits per heavy atom. The van der Waals surface area contributed by atoms with Crippen LogP contribution in [-0.4, -0.2) is 29.9 Å². The monoisotopic (exact) mass is 267 g/mol. The van der Waals surface area contributed by atoms with Gasteiger partial charge in [0.2, 0.25) is 0 Å². The number of carbonyl (C=O) groups excluding carboxylic acids is 1. The van der Waals surface area contributed by atoms with Crippen molar-refractivity contribution in [3.63, 3.8) is 0 Å². The Hall–Kier alpha value is -1.56. The van der Waals surface area contributed by atoms with Crippen LogP contribution in [0.1, 0.15) is 36.8 Å². The first-order chi connectivity index (χ1) is 9.08. The number of hydrogen-bond acceptors (Lipinski definition) is 4. The number of hydrogen-bond donors (Lipinski definition) is 2. The first-order valence-electron chi connectivity index (χ1n) is 6.65. The standard InChI is InChI=1S/C13H21N3O3/c1-8-11(10(3)19-16-8)7-14-13(17)15-9(2)12-5-4-6-18-12/h9,12H,4-7H2,1-3H3,(H2,14,15,17). The van der Waals surface area contributed by atoms with Gasteiger partial charge in [0.15, 0.2) is 0 Å². The van der Waals surface area contributed by atoms with Gasteiger partial charge in [0.05, 0.1) is 17.8 Å². The maximum Gasteiger partial charge on any atom is 0.315 e. The number of aromatic nitrogens is 1. The van der Waals surface area contributed by atoms with E-state index in [2.05, 4.69) is 15.8 Å². The molecule has 1 aliphatic heterocycles. The zero-order valence-corrected chi connectivity index (χ0v) is 11.7. The van der Waals surface area contributed by atoms with Crippen molar-refractivity contribution < 1.29 is 14.1 Å². The molecule has 2 atom stereocenters. The largest absolute Gasteiger partial charge is 0.376 e. The molecule has 1 aliphatic rings. The Balaban J connectivity index is 1.78. The second kappa shape index (κ2) is 6.06. The van der Waals surface area contributed by atoms with Crippen molar-refractivity contribution in [2.45, 2.75) is 52.3 Å². The lowest BCUT2D eigenvalue weighted by Crippen LogP contribution is -2.45. The number of amides is 2. The molecule has 2 N–H and O–H groups in total. The lowest BCUT2D eigenvalue weighted by molar-refractivity contribution is 0.0860. The minimum absolute atomic E-state index is 0.0205. The second-order valence-corrected chi connectivity index (χ2v) is 4.97. The van der Waals surface area contributed by atoms with Crippen molar-refractivity contribution in [3.05, 3.63) is 17.0 Å². The Labute approximate surface area is 112 Å². The number of nitrogens with zero attached hydrogens (tertiary/aromatic N) is 1. The molecule has 0 radical (unpaired) electrons. The Bertz CT molecular complexity index is 419. The number of ether oxygens (including phenoxy) is 1. The Morgan fingerprint density at radius 2 is 2.32 bits per heavy atom. The number of rotatable bonds is 4. The average molecular weight is 267 g/mol. The highest BCUT2D eigenvalue weighted by molar-refractivity contribution is 5.74. The van der Waals surface area contributed by atoms with E-state index >= 15 is 0 Å². The lowest BCUT2D eigenvalue weighted by atomic mass is 10.1. The summed E-state index contributed by atoms with van der Waals surface area (Å²) >= 11 is 0. The van der Waals surface area contributed by atoms with Crippen molar-refractivity contribution in [3.8, 4) is 0 Å². The number of carbonyl (C=O) groups is 1. The zero-order chi connectivity index (χ0) is 13.8. The fourth-order valence-electron chi connectivity index (χ4n) is 2.27. The maximum atomic E-state index is 11.8. The molecule has 1 fully saturated rings. The number of urea groups is 1. The van der Waals surface area contributed by atoms with Crippen molar-refractivity contribution in [2.24, 2.45) is 0 Å². The molecule has 2 unspecified atom stereocenters. The molecule has 1 aromatic heterocycles. The summed E-state index contributed by atoms with van der Waals surface area (Å²) < 4.78 is 10.6. The third-order valence-corrected chi connectivity index (χ3v) is 3.49. The number of nitrogens with one attached hydrogen (secondary N) is 2. The van der Waals surface area contributed by atoms with Gasteiger partial charge in [-0.05, 0) is 33.6 Å². The fraction of sp³-hybridized carbons (Fsp3) is 0.692. The van der Waals surface area contributed by atoms with Gasteiger partial charge in [0, 0.05) is 18.7 Å². The summed E-state index contributed by atoms with van der Waals surface area (Å²) in [6, 6.07) is -0.171. The maximum absolute atomic E-state index is 11.8. The fourth-order valence-corrected chi connectivity index (χ4v) is 2.27. The molecule has 19 heavy (non-hydrogen) atoms. The lowest BCUT2D eigenvalue weighted by Gasteiger charge is -2.20. The third kappa shape index (κ3) is 3.47. The normalized spacial score (nSPS) is 20.3. The Morgan fingerprint density at radius 1 is 1.53 bits per heavy atom. The van der Waals surface area contributed by atoms with Gasteiger partial charge >= 0.3 is 6.03 Å². The highest BCUT2D eigenvalue weighted by Crippen LogP contribution is 2.15. The van der Waals surface area contributed by atoms with Crippen LogP contribution in [0.25, 0.3) is 0 Å². The zero-order valence-electron chi connectivity index (χ0n) is 11.7. The molecule has 6 nitrogen and oxygen atoms in total. The summed E-state index contributed by atoms with van der Waals surface area (Å²) in [5, 5.41) is 9.56. The summed E-state index contributed by atoms with van der Waals surface area (Å²) in [7, 11) is 0. The van der Waals surface area contributed by atoms with Crippen molar-refractivity contribution in [1.82, 2.24) is 15.8 Å².